The van der Waals surface area contributed by atoms with Gasteiger partial charge in [-0.25, -0.2) is 0 Å². The van der Waals surface area contributed by atoms with E-state index in [1.165, 1.54) is 25.7 Å². The molecule has 0 bridgehead atoms. The van der Waals surface area contributed by atoms with Crippen molar-refractivity contribution in [3.05, 3.63) is 60.8 Å². The zero-order valence-electron chi connectivity index (χ0n) is 24.8. The molecular weight excluding hydrogens is 474 g/mol. The van der Waals surface area contributed by atoms with Crippen LogP contribution in [-0.4, -0.2) is 55.3 Å². The molecule has 0 radical (unpaired) electrons. The average molecular weight is 531 g/mol. The number of esters is 1. The van der Waals surface area contributed by atoms with Crippen LogP contribution in [0.15, 0.2) is 60.8 Å². The summed E-state index contributed by atoms with van der Waals surface area (Å²) in [4.78, 5) is 23.1. The highest BCUT2D eigenvalue weighted by Gasteiger charge is 2.24. The van der Waals surface area contributed by atoms with Crippen LogP contribution in [0.4, 0.5) is 0 Å². The van der Waals surface area contributed by atoms with Gasteiger partial charge in [0.15, 0.2) is 6.10 Å². The number of ether oxygens (including phenoxy) is 1. The van der Waals surface area contributed by atoms with E-state index in [1.54, 1.807) is 0 Å². The molecule has 0 aliphatic rings. The van der Waals surface area contributed by atoms with Gasteiger partial charge in [-0.3, -0.25) is 9.59 Å². The molecule has 0 saturated heterocycles. The summed E-state index contributed by atoms with van der Waals surface area (Å²) in [5, 5.41) is 9.05. The van der Waals surface area contributed by atoms with Gasteiger partial charge in [-0.15, -0.1) is 0 Å². The van der Waals surface area contributed by atoms with Crippen molar-refractivity contribution in [2.24, 2.45) is 0 Å². The largest absolute Gasteiger partial charge is 0.481 e. The molecule has 0 aromatic rings. The molecule has 38 heavy (non-hydrogen) atoms. The lowest BCUT2D eigenvalue weighted by molar-refractivity contribution is -0.873. The van der Waals surface area contributed by atoms with Crippen LogP contribution in [0.25, 0.3) is 0 Å². The number of carboxylic acids is 1. The van der Waals surface area contributed by atoms with Crippen molar-refractivity contribution in [1.29, 1.82) is 0 Å². The van der Waals surface area contributed by atoms with Crippen LogP contribution in [0.5, 0.6) is 0 Å². The van der Waals surface area contributed by atoms with Gasteiger partial charge in [0, 0.05) is 6.42 Å². The summed E-state index contributed by atoms with van der Waals surface area (Å²) < 4.78 is 6.00. The molecule has 216 valence electrons. The van der Waals surface area contributed by atoms with Gasteiger partial charge in [-0.2, -0.15) is 0 Å². The fourth-order valence-corrected chi connectivity index (χ4v) is 3.98. The van der Waals surface area contributed by atoms with E-state index >= 15 is 0 Å². The summed E-state index contributed by atoms with van der Waals surface area (Å²) >= 11 is 0. The number of carboxylic acid groups (broad SMARTS) is 1. The van der Waals surface area contributed by atoms with Crippen molar-refractivity contribution < 1.29 is 23.9 Å². The van der Waals surface area contributed by atoms with Gasteiger partial charge in [0.25, 0.3) is 0 Å². The first-order valence-corrected chi connectivity index (χ1v) is 14.7. The van der Waals surface area contributed by atoms with Crippen molar-refractivity contribution >= 4 is 11.9 Å². The summed E-state index contributed by atoms with van der Waals surface area (Å²) in [6.07, 6.45) is 36.2. The van der Waals surface area contributed by atoms with E-state index < -0.39 is 12.1 Å². The van der Waals surface area contributed by atoms with Crippen LogP contribution in [0.3, 0.4) is 0 Å². The van der Waals surface area contributed by atoms with E-state index in [4.69, 9.17) is 9.84 Å². The van der Waals surface area contributed by atoms with Gasteiger partial charge >= 0.3 is 11.9 Å². The molecule has 0 saturated carbocycles. The van der Waals surface area contributed by atoms with Crippen molar-refractivity contribution in [1.82, 2.24) is 0 Å². The lowest BCUT2D eigenvalue weighted by Gasteiger charge is -2.28. The second-order valence-electron chi connectivity index (χ2n) is 10.9. The number of aliphatic carboxylic acids is 1. The summed E-state index contributed by atoms with van der Waals surface area (Å²) in [6.45, 7) is 2.65. The minimum Gasteiger partial charge on any atom is -0.481 e. The number of nitrogens with zero attached hydrogens (tertiary/aromatic N) is 1. The van der Waals surface area contributed by atoms with Crippen LogP contribution in [0, 0.1) is 0 Å². The minimum absolute atomic E-state index is 0.138. The normalized spacial score (nSPS) is 13.6. The zero-order chi connectivity index (χ0) is 28.3. The predicted molar refractivity (Wildman–Crippen MR) is 161 cm³/mol. The maximum Gasteiger partial charge on any atom is 0.307 e. The van der Waals surface area contributed by atoms with Gasteiger partial charge in [0.1, 0.15) is 6.54 Å². The number of allylic oxidation sites excluding steroid dienone is 10. The topological polar surface area (TPSA) is 63.6 Å². The number of hydrogen-bond acceptors (Lipinski definition) is 3. The molecule has 1 unspecified atom stereocenters. The molecule has 5 heteroatoms. The number of unbranched alkanes of at least 4 members (excludes halogenated alkanes) is 7. The summed E-state index contributed by atoms with van der Waals surface area (Å²) in [6, 6.07) is 0. The van der Waals surface area contributed by atoms with Gasteiger partial charge in [0.05, 0.1) is 27.6 Å². The predicted octanol–water partition coefficient (Wildman–Crippen LogP) is 8.34. The molecule has 1 N–H and O–H groups in total. The van der Waals surface area contributed by atoms with Crippen molar-refractivity contribution in [2.75, 3.05) is 27.7 Å². The maximum atomic E-state index is 12.1. The second-order valence-corrected chi connectivity index (χ2v) is 10.9. The fraction of sp³-hybridized carbons (Fsp3) is 0.636. The van der Waals surface area contributed by atoms with Crippen molar-refractivity contribution in [3.63, 3.8) is 0 Å². The third-order valence-corrected chi connectivity index (χ3v) is 5.86. The lowest BCUT2D eigenvalue weighted by Crippen LogP contribution is -2.43. The Hall–Kier alpha value is -2.40. The van der Waals surface area contributed by atoms with Crippen LogP contribution in [0.1, 0.15) is 103 Å². The molecule has 0 fully saturated rings. The standard InChI is InChI=1S/C33H55NO4/c1-5-6-7-8-9-10-11-12-13-14-15-16-17-18-19-20-21-22-23-24-25-26-27-28-33(37)38-31(29-32(35)36)30-34(2,3)4/h6-7,9-10,12-13,15-16,18-19,31H,5,8,11,14,17,20-30H2,1-4H3/p+1/b7-6+,10-9+,13-12+,16-15-,19-18+. The smallest absolute Gasteiger partial charge is 0.307 e. The first-order valence-electron chi connectivity index (χ1n) is 14.7. The number of rotatable bonds is 24. The van der Waals surface area contributed by atoms with E-state index in [9.17, 15) is 9.59 Å². The molecule has 0 aromatic carbocycles. The number of carbonyl (C=O) groups excluding carboxylic acids is 1. The first kappa shape index (κ1) is 35.6. The Kier molecular flexibility index (Phi) is 23.3. The number of carbonyl (C=O) groups is 2. The van der Waals surface area contributed by atoms with Crippen LogP contribution in [-0.2, 0) is 14.3 Å². The molecule has 0 spiro atoms. The molecular formula is C33H56NO4+. The van der Waals surface area contributed by atoms with E-state index in [-0.39, 0.29) is 12.4 Å². The minimum atomic E-state index is -0.933. The number of likely N-dealkylation sites (N-methyl/N-ethyl adjacent to an activating group) is 1. The summed E-state index contributed by atoms with van der Waals surface area (Å²) in [7, 11) is 5.89. The Balaban J connectivity index is 3.63. The van der Waals surface area contributed by atoms with E-state index in [0.29, 0.717) is 17.4 Å². The summed E-state index contributed by atoms with van der Waals surface area (Å²) in [5.74, 6) is -1.21. The average Bonchev–Trinajstić information content (AvgIpc) is 2.83. The SMILES string of the molecule is CC/C=C/C/C=C/C/C=C/C/C=C\C/C=C/CCCCCCCCCC(=O)OC(CC(=O)O)C[N+](C)(C)C. The van der Waals surface area contributed by atoms with E-state index in [2.05, 4.69) is 67.7 Å². The Morgan fingerprint density at radius 3 is 1.61 bits per heavy atom. The molecule has 5 nitrogen and oxygen atoms in total. The maximum absolute atomic E-state index is 12.1. The highest BCUT2D eigenvalue weighted by molar-refractivity contribution is 5.71. The summed E-state index contributed by atoms with van der Waals surface area (Å²) in [5.41, 5.74) is 0. The van der Waals surface area contributed by atoms with Crippen molar-refractivity contribution in [3.8, 4) is 0 Å². The Morgan fingerprint density at radius 2 is 1.13 bits per heavy atom. The molecule has 0 aliphatic carbocycles. The molecule has 0 heterocycles. The molecule has 0 aliphatic heterocycles. The second kappa shape index (κ2) is 24.9. The van der Waals surface area contributed by atoms with Crippen molar-refractivity contribution in [2.45, 2.75) is 109 Å². The Labute approximate surface area is 233 Å². The first-order chi connectivity index (χ1) is 18.2. The van der Waals surface area contributed by atoms with Crippen LogP contribution in [0.2, 0.25) is 0 Å². The molecule has 0 rings (SSSR count). The van der Waals surface area contributed by atoms with Gasteiger partial charge in [0.2, 0.25) is 0 Å². The molecule has 0 aromatic heterocycles. The van der Waals surface area contributed by atoms with Gasteiger partial charge in [-0.05, 0) is 51.4 Å². The van der Waals surface area contributed by atoms with Gasteiger partial charge < -0.3 is 14.3 Å². The number of hydrogen-bond donors (Lipinski definition) is 1. The Morgan fingerprint density at radius 1 is 0.684 bits per heavy atom. The van der Waals surface area contributed by atoms with E-state index in [0.717, 1.165) is 57.8 Å². The zero-order valence-corrected chi connectivity index (χ0v) is 24.8. The van der Waals surface area contributed by atoms with E-state index in [1.807, 2.05) is 21.1 Å². The fourth-order valence-electron chi connectivity index (χ4n) is 3.98. The monoisotopic (exact) mass is 530 g/mol. The highest BCUT2D eigenvalue weighted by atomic mass is 16.5. The van der Waals surface area contributed by atoms with Crippen LogP contribution < -0.4 is 0 Å². The third-order valence-electron chi connectivity index (χ3n) is 5.86. The van der Waals surface area contributed by atoms with Gasteiger partial charge in [-0.1, -0.05) is 99.8 Å². The number of quaternary nitrogens is 1. The lowest BCUT2D eigenvalue weighted by atomic mass is 10.1. The third kappa shape index (κ3) is 28.2. The Bertz CT molecular complexity index is 741. The highest BCUT2D eigenvalue weighted by Crippen LogP contribution is 2.12. The quantitative estimate of drug-likeness (QED) is 0.0589. The van der Waals surface area contributed by atoms with Crippen LogP contribution >= 0.6 is 0 Å². The molecule has 0 amide bonds. The molecule has 1 atom stereocenters.